The molecule has 148 valence electrons. The van der Waals surface area contributed by atoms with E-state index in [1.54, 1.807) is 0 Å². The molecule has 1 saturated heterocycles. The Balaban J connectivity index is 1.62. The number of benzene rings is 1. The summed E-state index contributed by atoms with van der Waals surface area (Å²) in [7, 11) is 0. The molecule has 0 spiro atoms. The lowest BCUT2D eigenvalue weighted by Gasteiger charge is -2.15. The van der Waals surface area contributed by atoms with E-state index >= 15 is 0 Å². The molecule has 1 amide bonds. The van der Waals surface area contributed by atoms with E-state index in [9.17, 15) is 4.79 Å². The van der Waals surface area contributed by atoms with Crippen molar-refractivity contribution in [3.8, 4) is 0 Å². The number of hydrogen-bond acceptors (Lipinski definition) is 2. The van der Waals surface area contributed by atoms with Crippen LogP contribution in [0.25, 0.3) is 11.0 Å². The van der Waals surface area contributed by atoms with Crippen LogP contribution in [0.3, 0.4) is 0 Å². The molecule has 1 aromatic heterocycles. The maximum absolute atomic E-state index is 12.2. The number of unbranched alkanes of at least 4 members (excludes halogenated alkanes) is 7. The molecule has 4 nitrogen and oxygen atoms in total. The highest BCUT2D eigenvalue weighted by molar-refractivity contribution is 5.80. The van der Waals surface area contributed by atoms with Crippen molar-refractivity contribution in [1.29, 1.82) is 0 Å². The van der Waals surface area contributed by atoms with Crippen molar-refractivity contribution < 1.29 is 4.79 Å². The standard InChI is InChI=1S/C23H35N3O/c1-3-5-6-7-8-9-10-13-16-26-21-15-12-11-14-20(21)24-23(26)19-17-22(27)25(4-2)18-19/h11-12,14-15,19H,3-10,13,16-18H2,1-2H3. The highest BCUT2D eigenvalue weighted by atomic mass is 16.2. The quantitative estimate of drug-likeness (QED) is 0.490. The second-order valence-corrected chi connectivity index (χ2v) is 7.92. The summed E-state index contributed by atoms with van der Waals surface area (Å²) < 4.78 is 2.39. The molecule has 2 aromatic rings. The summed E-state index contributed by atoms with van der Waals surface area (Å²) in [6.45, 7) is 6.96. The first-order valence-corrected chi connectivity index (χ1v) is 11.0. The average molecular weight is 370 g/mol. The second-order valence-electron chi connectivity index (χ2n) is 7.92. The third-order valence-corrected chi connectivity index (χ3v) is 5.88. The lowest BCUT2D eigenvalue weighted by Crippen LogP contribution is -2.24. The number of para-hydroxylation sites is 2. The van der Waals surface area contributed by atoms with Gasteiger partial charge in [0.1, 0.15) is 5.82 Å². The van der Waals surface area contributed by atoms with Crippen LogP contribution in [0.4, 0.5) is 0 Å². The van der Waals surface area contributed by atoms with E-state index in [1.807, 2.05) is 4.90 Å². The Labute approximate surface area is 164 Å². The number of rotatable bonds is 11. The van der Waals surface area contributed by atoms with Gasteiger partial charge in [0.05, 0.1) is 11.0 Å². The number of hydrogen-bond donors (Lipinski definition) is 0. The summed E-state index contributed by atoms with van der Waals surface area (Å²) >= 11 is 0. The molecular formula is C23H35N3O. The Bertz CT molecular complexity index is 736. The molecule has 1 aliphatic heterocycles. The van der Waals surface area contributed by atoms with Gasteiger partial charge < -0.3 is 9.47 Å². The molecule has 0 bridgehead atoms. The minimum Gasteiger partial charge on any atom is -0.342 e. The summed E-state index contributed by atoms with van der Waals surface area (Å²) in [6.07, 6.45) is 11.2. The molecule has 1 aliphatic rings. The summed E-state index contributed by atoms with van der Waals surface area (Å²) in [4.78, 5) is 19.1. The lowest BCUT2D eigenvalue weighted by molar-refractivity contribution is -0.127. The van der Waals surface area contributed by atoms with Gasteiger partial charge in [-0.1, -0.05) is 64.0 Å². The molecule has 1 aromatic carbocycles. The van der Waals surface area contributed by atoms with Crippen molar-refractivity contribution in [3.05, 3.63) is 30.1 Å². The predicted molar refractivity (Wildman–Crippen MR) is 112 cm³/mol. The normalized spacial score (nSPS) is 17.3. The van der Waals surface area contributed by atoms with Crippen LogP contribution in [0, 0.1) is 0 Å². The van der Waals surface area contributed by atoms with Crippen LogP contribution in [0.1, 0.15) is 83.4 Å². The Morgan fingerprint density at radius 1 is 1.00 bits per heavy atom. The molecule has 0 aliphatic carbocycles. The van der Waals surface area contributed by atoms with E-state index in [-0.39, 0.29) is 11.8 Å². The molecule has 0 saturated carbocycles. The minimum absolute atomic E-state index is 0.235. The molecule has 3 rings (SSSR count). The summed E-state index contributed by atoms with van der Waals surface area (Å²) in [5.74, 6) is 1.62. The van der Waals surface area contributed by atoms with E-state index in [1.165, 1.54) is 56.9 Å². The van der Waals surface area contributed by atoms with Gasteiger partial charge in [0.15, 0.2) is 0 Å². The Hall–Kier alpha value is -1.84. The maximum Gasteiger partial charge on any atom is 0.223 e. The van der Waals surface area contributed by atoms with Gasteiger partial charge in [0, 0.05) is 32.0 Å². The molecule has 1 unspecified atom stereocenters. The number of aryl methyl sites for hydroxylation is 1. The van der Waals surface area contributed by atoms with E-state index in [4.69, 9.17) is 4.98 Å². The van der Waals surface area contributed by atoms with Crippen LogP contribution < -0.4 is 0 Å². The van der Waals surface area contributed by atoms with Gasteiger partial charge in [-0.25, -0.2) is 4.98 Å². The van der Waals surface area contributed by atoms with E-state index in [2.05, 4.69) is 42.7 Å². The fourth-order valence-corrected chi connectivity index (χ4v) is 4.30. The number of carbonyl (C=O) groups is 1. The molecule has 4 heteroatoms. The van der Waals surface area contributed by atoms with Crippen molar-refractivity contribution in [1.82, 2.24) is 14.5 Å². The summed E-state index contributed by atoms with van der Waals surface area (Å²) in [6, 6.07) is 8.41. The maximum atomic E-state index is 12.2. The van der Waals surface area contributed by atoms with Gasteiger partial charge in [-0.05, 0) is 25.5 Å². The van der Waals surface area contributed by atoms with Crippen LogP contribution in [0.5, 0.6) is 0 Å². The molecule has 1 atom stereocenters. The second kappa shape index (κ2) is 9.91. The van der Waals surface area contributed by atoms with E-state index in [0.29, 0.717) is 6.42 Å². The van der Waals surface area contributed by atoms with Crippen molar-refractivity contribution >= 4 is 16.9 Å². The number of fused-ring (bicyclic) bond motifs is 1. The largest absolute Gasteiger partial charge is 0.342 e. The monoisotopic (exact) mass is 369 g/mol. The Morgan fingerprint density at radius 2 is 1.70 bits per heavy atom. The van der Waals surface area contributed by atoms with Crippen LogP contribution >= 0.6 is 0 Å². The topological polar surface area (TPSA) is 38.1 Å². The zero-order valence-electron chi connectivity index (χ0n) is 17.1. The number of amides is 1. The number of imidazole rings is 1. The van der Waals surface area contributed by atoms with Crippen molar-refractivity contribution in [2.75, 3.05) is 13.1 Å². The first-order chi connectivity index (χ1) is 13.2. The van der Waals surface area contributed by atoms with Crippen LogP contribution in [-0.4, -0.2) is 33.4 Å². The van der Waals surface area contributed by atoms with Gasteiger partial charge in [-0.15, -0.1) is 0 Å². The van der Waals surface area contributed by atoms with Gasteiger partial charge in [0.2, 0.25) is 5.91 Å². The summed E-state index contributed by atoms with van der Waals surface area (Å²) in [5.41, 5.74) is 2.28. The van der Waals surface area contributed by atoms with Crippen molar-refractivity contribution in [3.63, 3.8) is 0 Å². The fraction of sp³-hybridized carbons (Fsp3) is 0.652. The minimum atomic E-state index is 0.235. The van der Waals surface area contributed by atoms with Gasteiger partial charge in [-0.3, -0.25) is 4.79 Å². The van der Waals surface area contributed by atoms with Gasteiger partial charge >= 0.3 is 0 Å². The number of likely N-dealkylation sites (N-methyl/N-ethyl adjacent to an activating group) is 1. The third kappa shape index (κ3) is 4.91. The smallest absolute Gasteiger partial charge is 0.223 e. The first-order valence-electron chi connectivity index (χ1n) is 11.0. The first kappa shape index (κ1) is 19.9. The molecule has 1 fully saturated rings. The number of likely N-dealkylation sites (tertiary alicyclic amines) is 1. The van der Waals surface area contributed by atoms with E-state index < -0.39 is 0 Å². The van der Waals surface area contributed by atoms with Crippen LogP contribution in [0.15, 0.2) is 24.3 Å². The molecule has 0 radical (unpaired) electrons. The highest BCUT2D eigenvalue weighted by Crippen LogP contribution is 2.30. The lowest BCUT2D eigenvalue weighted by atomic mass is 10.1. The molecular weight excluding hydrogens is 334 g/mol. The molecule has 27 heavy (non-hydrogen) atoms. The third-order valence-electron chi connectivity index (χ3n) is 5.88. The van der Waals surface area contributed by atoms with Gasteiger partial charge in [0.25, 0.3) is 0 Å². The van der Waals surface area contributed by atoms with Crippen LogP contribution in [-0.2, 0) is 11.3 Å². The molecule has 0 N–H and O–H groups in total. The number of carbonyl (C=O) groups excluding carboxylic acids is 1. The SMILES string of the molecule is CCCCCCCCCCn1c(C2CC(=O)N(CC)C2)nc2ccccc21. The Morgan fingerprint density at radius 3 is 2.41 bits per heavy atom. The van der Waals surface area contributed by atoms with Crippen LogP contribution in [0.2, 0.25) is 0 Å². The van der Waals surface area contributed by atoms with E-state index in [0.717, 1.165) is 31.0 Å². The molecule has 2 heterocycles. The number of aromatic nitrogens is 2. The zero-order chi connectivity index (χ0) is 19.1. The van der Waals surface area contributed by atoms with Crippen molar-refractivity contribution in [2.45, 2.75) is 84.1 Å². The summed E-state index contributed by atoms with van der Waals surface area (Å²) in [5, 5.41) is 0. The Kier molecular flexibility index (Phi) is 7.31. The number of nitrogens with zero attached hydrogens (tertiary/aromatic N) is 3. The fourth-order valence-electron chi connectivity index (χ4n) is 4.30. The predicted octanol–water partition coefficient (Wildman–Crippen LogP) is 5.51. The van der Waals surface area contributed by atoms with Crippen molar-refractivity contribution in [2.24, 2.45) is 0 Å². The highest BCUT2D eigenvalue weighted by Gasteiger charge is 2.32. The zero-order valence-corrected chi connectivity index (χ0v) is 17.1. The van der Waals surface area contributed by atoms with Gasteiger partial charge in [-0.2, -0.15) is 0 Å². The average Bonchev–Trinajstić information content (AvgIpc) is 3.24.